The van der Waals surface area contributed by atoms with Crippen LogP contribution in [0.15, 0.2) is 24.3 Å². The fourth-order valence-electron chi connectivity index (χ4n) is 2.57. The van der Waals surface area contributed by atoms with E-state index in [9.17, 15) is 4.79 Å². The number of halogens is 1. The number of carbonyl (C=O) groups is 1. The van der Waals surface area contributed by atoms with Crippen LogP contribution in [0, 0.1) is 0 Å². The molecule has 0 atom stereocenters. The van der Waals surface area contributed by atoms with Crippen molar-refractivity contribution in [3.05, 3.63) is 39.9 Å². The van der Waals surface area contributed by atoms with Crippen molar-refractivity contribution in [1.29, 1.82) is 0 Å². The summed E-state index contributed by atoms with van der Waals surface area (Å²) in [6.45, 7) is 6.17. The van der Waals surface area contributed by atoms with Crippen LogP contribution in [-0.4, -0.2) is 46.4 Å². The van der Waals surface area contributed by atoms with E-state index in [1.54, 1.807) is 6.92 Å². The van der Waals surface area contributed by atoms with Crippen LogP contribution in [0.3, 0.4) is 0 Å². The van der Waals surface area contributed by atoms with Gasteiger partial charge in [0.15, 0.2) is 5.78 Å². The Hall–Kier alpha value is -1.50. The zero-order chi connectivity index (χ0) is 15.5. The van der Waals surface area contributed by atoms with Gasteiger partial charge >= 0.3 is 0 Å². The topological polar surface area (TPSA) is 49.3 Å². The highest BCUT2D eigenvalue weighted by Gasteiger charge is 2.19. The molecule has 5 nitrogen and oxygen atoms in total. The van der Waals surface area contributed by atoms with Crippen molar-refractivity contribution in [1.82, 2.24) is 14.5 Å². The van der Waals surface area contributed by atoms with E-state index in [1.165, 1.54) is 11.5 Å². The molecular formula is C15H17ClN4OS. The molecule has 116 valence electrons. The third-order valence-electron chi connectivity index (χ3n) is 3.89. The summed E-state index contributed by atoms with van der Waals surface area (Å²) in [7, 11) is 0. The number of benzene rings is 1. The zero-order valence-electron chi connectivity index (χ0n) is 12.3. The van der Waals surface area contributed by atoms with Crippen molar-refractivity contribution in [2.24, 2.45) is 0 Å². The molecule has 1 aliphatic heterocycles. The number of carbonyl (C=O) groups excluding carboxylic acids is 1. The largest absolute Gasteiger partial charge is 0.369 e. The van der Waals surface area contributed by atoms with Crippen LogP contribution in [0.25, 0.3) is 0 Å². The molecule has 0 N–H and O–H groups in total. The number of rotatable bonds is 4. The van der Waals surface area contributed by atoms with Crippen molar-refractivity contribution >= 4 is 34.6 Å². The summed E-state index contributed by atoms with van der Waals surface area (Å²) in [4.78, 5) is 16.0. The van der Waals surface area contributed by atoms with Crippen molar-refractivity contribution < 1.29 is 4.79 Å². The van der Waals surface area contributed by atoms with Gasteiger partial charge in [0.2, 0.25) is 0 Å². The summed E-state index contributed by atoms with van der Waals surface area (Å²) in [5.74, 6) is 0.102. The van der Waals surface area contributed by atoms with E-state index >= 15 is 0 Å². The number of piperazine rings is 1. The van der Waals surface area contributed by atoms with E-state index < -0.39 is 0 Å². The molecule has 0 aliphatic carbocycles. The molecule has 0 bridgehead atoms. The first kappa shape index (κ1) is 15.4. The van der Waals surface area contributed by atoms with E-state index in [-0.39, 0.29) is 5.78 Å². The molecule has 1 saturated heterocycles. The maximum atomic E-state index is 11.3. The lowest BCUT2D eigenvalue weighted by Crippen LogP contribution is -2.46. The molecule has 2 heterocycles. The second-order valence-electron chi connectivity index (χ2n) is 5.36. The third kappa shape index (κ3) is 3.45. The van der Waals surface area contributed by atoms with E-state index in [2.05, 4.69) is 19.4 Å². The maximum absolute atomic E-state index is 11.3. The van der Waals surface area contributed by atoms with Gasteiger partial charge in [-0.3, -0.25) is 9.69 Å². The molecule has 2 aromatic rings. The second-order valence-corrected chi connectivity index (χ2v) is 6.72. The minimum absolute atomic E-state index is 0.102. The van der Waals surface area contributed by atoms with Gasteiger partial charge in [0, 0.05) is 55.5 Å². The molecule has 22 heavy (non-hydrogen) atoms. The Morgan fingerprint density at radius 1 is 1.23 bits per heavy atom. The van der Waals surface area contributed by atoms with Gasteiger partial charge in [-0.1, -0.05) is 16.1 Å². The number of hydrogen-bond acceptors (Lipinski definition) is 6. The lowest BCUT2D eigenvalue weighted by Gasteiger charge is -2.35. The summed E-state index contributed by atoms with van der Waals surface area (Å²) < 4.78 is 4.55. The molecular weight excluding hydrogens is 320 g/mol. The zero-order valence-corrected chi connectivity index (χ0v) is 13.9. The van der Waals surface area contributed by atoms with Crippen molar-refractivity contribution in [2.75, 3.05) is 31.1 Å². The molecule has 1 aromatic carbocycles. The van der Waals surface area contributed by atoms with Crippen LogP contribution in [0.4, 0.5) is 5.69 Å². The summed E-state index contributed by atoms with van der Waals surface area (Å²) >= 11 is 7.29. The fraction of sp³-hybridized carbons (Fsp3) is 0.400. The number of hydrogen-bond donors (Lipinski definition) is 0. The first-order chi connectivity index (χ1) is 10.6. The first-order valence-corrected chi connectivity index (χ1v) is 8.33. The van der Waals surface area contributed by atoms with Crippen LogP contribution in [0.1, 0.15) is 23.0 Å². The van der Waals surface area contributed by atoms with Gasteiger partial charge in [0.1, 0.15) is 10.0 Å². The smallest absolute Gasteiger partial charge is 0.159 e. The summed E-state index contributed by atoms with van der Waals surface area (Å²) in [6, 6.07) is 7.83. The number of aromatic nitrogens is 2. The van der Waals surface area contributed by atoms with Gasteiger partial charge in [-0.2, -0.15) is 0 Å². The highest BCUT2D eigenvalue weighted by molar-refractivity contribution is 7.10. The van der Waals surface area contributed by atoms with Crippen molar-refractivity contribution in [2.45, 2.75) is 13.5 Å². The Kier molecular flexibility index (Phi) is 4.71. The van der Waals surface area contributed by atoms with Gasteiger partial charge in [0.05, 0.1) is 0 Å². The minimum Gasteiger partial charge on any atom is -0.369 e. The Labute approximate surface area is 138 Å². The van der Waals surface area contributed by atoms with Crippen LogP contribution >= 0.6 is 23.1 Å². The monoisotopic (exact) mass is 336 g/mol. The highest BCUT2D eigenvalue weighted by atomic mass is 35.5. The number of anilines is 1. The van der Waals surface area contributed by atoms with Gasteiger partial charge in [-0.25, -0.2) is 0 Å². The van der Waals surface area contributed by atoms with Crippen LogP contribution in [0.5, 0.6) is 0 Å². The number of ketones is 1. The molecule has 0 saturated carbocycles. The molecule has 0 spiro atoms. The fourth-order valence-corrected chi connectivity index (χ4v) is 3.19. The van der Waals surface area contributed by atoms with Gasteiger partial charge < -0.3 is 4.90 Å². The molecule has 7 heteroatoms. The SMILES string of the molecule is CC(=O)c1ccc(N2CCN(Cc3nnsc3Cl)CC2)cc1. The summed E-state index contributed by atoms with van der Waals surface area (Å²) in [6.07, 6.45) is 0. The standard InChI is InChI=1S/C15H17ClN4OS/c1-11(21)12-2-4-13(5-3-12)20-8-6-19(7-9-20)10-14-15(16)22-18-17-14/h2-5H,6-10H2,1H3. The van der Waals surface area contributed by atoms with Crippen LogP contribution < -0.4 is 4.90 Å². The Morgan fingerprint density at radius 2 is 1.91 bits per heavy atom. The predicted octanol–water partition coefficient (Wildman–Crippen LogP) is 2.72. The Balaban J connectivity index is 1.57. The number of Topliss-reactive ketones (excluding diaryl/α,β-unsaturated/α-hetero) is 1. The molecule has 0 amide bonds. The van der Waals surface area contributed by atoms with Crippen molar-refractivity contribution in [3.8, 4) is 0 Å². The molecule has 0 unspecified atom stereocenters. The highest BCUT2D eigenvalue weighted by Crippen LogP contribution is 2.21. The first-order valence-electron chi connectivity index (χ1n) is 7.18. The van der Waals surface area contributed by atoms with Crippen LogP contribution in [-0.2, 0) is 6.54 Å². The minimum atomic E-state index is 0.102. The maximum Gasteiger partial charge on any atom is 0.159 e. The van der Waals surface area contributed by atoms with Gasteiger partial charge in [-0.15, -0.1) is 5.10 Å². The average molecular weight is 337 g/mol. The van der Waals surface area contributed by atoms with Crippen molar-refractivity contribution in [3.63, 3.8) is 0 Å². The predicted molar refractivity (Wildman–Crippen MR) is 88.9 cm³/mol. The van der Waals surface area contributed by atoms with E-state index in [4.69, 9.17) is 11.6 Å². The molecule has 1 aliphatic rings. The molecule has 3 rings (SSSR count). The lowest BCUT2D eigenvalue weighted by molar-refractivity contribution is 0.101. The third-order valence-corrected chi connectivity index (χ3v) is 4.88. The average Bonchev–Trinajstić information content (AvgIpc) is 2.93. The number of nitrogens with zero attached hydrogens (tertiary/aromatic N) is 4. The lowest BCUT2D eigenvalue weighted by atomic mass is 10.1. The molecule has 0 radical (unpaired) electrons. The second kappa shape index (κ2) is 6.73. The van der Waals surface area contributed by atoms with Crippen LogP contribution in [0.2, 0.25) is 4.34 Å². The summed E-state index contributed by atoms with van der Waals surface area (Å²) in [5.41, 5.74) is 2.79. The molecule has 1 aromatic heterocycles. The van der Waals surface area contributed by atoms with E-state index in [0.29, 0.717) is 4.34 Å². The quantitative estimate of drug-likeness (QED) is 0.803. The van der Waals surface area contributed by atoms with Gasteiger partial charge in [0.25, 0.3) is 0 Å². The summed E-state index contributed by atoms with van der Waals surface area (Å²) in [5, 5.41) is 4.06. The molecule has 1 fully saturated rings. The van der Waals surface area contributed by atoms with E-state index in [1.807, 2.05) is 24.3 Å². The van der Waals surface area contributed by atoms with E-state index in [0.717, 1.165) is 49.7 Å². The van der Waals surface area contributed by atoms with Gasteiger partial charge in [-0.05, 0) is 31.2 Å². The Bertz CT molecular complexity index is 650. The normalized spacial score (nSPS) is 16.0. The Morgan fingerprint density at radius 3 is 2.45 bits per heavy atom.